The Labute approximate surface area is 117 Å². The molecule has 0 radical (unpaired) electrons. The van der Waals surface area contributed by atoms with Gasteiger partial charge in [-0.15, -0.1) is 0 Å². The van der Waals surface area contributed by atoms with Gasteiger partial charge < -0.3 is 10.6 Å². The minimum absolute atomic E-state index is 0.261. The average Bonchev–Trinajstić information content (AvgIpc) is 2.39. The molecule has 0 saturated carbocycles. The number of rotatable bonds is 3. The van der Waals surface area contributed by atoms with Crippen molar-refractivity contribution in [3.63, 3.8) is 0 Å². The number of thioether (sulfide) groups is 1. The van der Waals surface area contributed by atoms with Crippen LogP contribution in [0.25, 0.3) is 0 Å². The summed E-state index contributed by atoms with van der Waals surface area (Å²) < 4.78 is 13.3. The molecule has 1 aromatic carbocycles. The summed E-state index contributed by atoms with van der Waals surface area (Å²) in [5.41, 5.74) is 7.29. The standard InChI is InChI=1S/C13H17FN2S2/c1-18-10-4-6-16(7-5-10)12-3-2-9(14)8-11(12)13(15)17/h2-3,8,10H,4-7H2,1H3,(H2,15,17). The van der Waals surface area contributed by atoms with E-state index in [2.05, 4.69) is 11.2 Å². The van der Waals surface area contributed by atoms with Gasteiger partial charge in [0, 0.05) is 29.6 Å². The van der Waals surface area contributed by atoms with E-state index in [-0.39, 0.29) is 10.8 Å². The smallest absolute Gasteiger partial charge is 0.124 e. The van der Waals surface area contributed by atoms with Crippen molar-refractivity contribution >= 4 is 34.7 Å². The lowest BCUT2D eigenvalue weighted by atomic mass is 10.1. The lowest BCUT2D eigenvalue weighted by Gasteiger charge is -2.34. The maximum atomic E-state index is 13.3. The van der Waals surface area contributed by atoms with Gasteiger partial charge in [0.1, 0.15) is 10.8 Å². The number of anilines is 1. The van der Waals surface area contributed by atoms with E-state index in [0.717, 1.165) is 36.9 Å². The van der Waals surface area contributed by atoms with Crippen LogP contribution in [0.15, 0.2) is 18.2 Å². The lowest BCUT2D eigenvalue weighted by Crippen LogP contribution is -2.36. The van der Waals surface area contributed by atoms with Crippen LogP contribution in [-0.4, -0.2) is 29.6 Å². The van der Waals surface area contributed by atoms with Gasteiger partial charge in [0.05, 0.1) is 0 Å². The predicted octanol–water partition coefficient (Wildman–Crippen LogP) is 2.79. The zero-order chi connectivity index (χ0) is 13.1. The molecular weight excluding hydrogens is 267 g/mol. The Kier molecular flexibility index (Phi) is 4.45. The number of nitrogens with zero attached hydrogens (tertiary/aromatic N) is 1. The molecule has 1 aliphatic heterocycles. The summed E-state index contributed by atoms with van der Waals surface area (Å²) >= 11 is 6.92. The van der Waals surface area contributed by atoms with Crippen molar-refractivity contribution in [2.75, 3.05) is 24.2 Å². The zero-order valence-electron chi connectivity index (χ0n) is 10.4. The molecular formula is C13H17FN2S2. The maximum absolute atomic E-state index is 13.3. The van der Waals surface area contributed by atoms with Crippen LogP contribution in [0.5, 0.6) is 0 Å². The van der Waals surface area contributed by atoms with Gasteiger partial charge in [-0.05, 0) is 37.3 Å². The van der Waals surface area contributed by atoms with Crippen LogP contribution >= 0.6 is 24.0 Å². The first kappa shape index (κ1) is 13.6. The predicted molar refractivity (Wildman–Crippen MR) is 81.0 cm³/mol. The van der Waals surface area contributed by atoms with E-state index < -0.39 is 0 Å². The van der Waals surface area contributed by atoms with Crippen LogP contribution in [0.2, 0.25) is 0 Å². The molecule has 0 atom stereocenters. The van der Waals surface area contributed by atoms with E-state index in [0.29, 0.717) is 5.56 Å². The van der Waals surface area contributed by atoms with Crippen LogP contribution in [0.1, 0.15) is 18.4 Å². The summed E-state index contributed by atoms with van der Waals surface area (Å²) in [7, 11) is 0. The molecule has 0 bridgehead atoms. The highest BCUT2D eigenvalue weighted by Crippen LogP contribution is 2.28. The summed E-state index contributed by atoms with van der Waals surface area (Å²) in [5.74, 6) is -0.291. The van der Waals surface area contributed by atoms with Crippen molar-refractivity contribution in [1.29, 1.82) is 0 Å². The van der Waals surface area contributed by atoms with E-state index >= 15 is 0 Å². The van der Waals surface area contributed by atoms with Crippen molar-refractivity contribution < 1.29 is 4.39 Å². The fourth-order valence-corrected chi connectivity index (χ4v) is 3.16. The number of benzene rings is 1. The monoisotopic (exact) mass is 284 g/mol. The fraction of sp³-hybridized carbons (Fsp3) is 0.462. The van der Waals surface area contributed by atoms with E-state index in [4.69, 9.17) is 18.0 Å². The van der Waals surface area contributed by atoms with Crippen LogP contribution in [-0.2, 0) is 0 Å². The molecule has 98 valence electrons. The number of halogens is 1. The zero-order valence-corrected chi connectivity index (χ0v) is 12.0. The Bertz CT molecular complexity index is 443. The number of hydrogen-bond acceptors (Lipinski definition) is 3. The quantitative estimate of drug-likeness (QED) is 0.864. The van der Waals surface area contributed by atoms with Gasteiger partial charge in [-0.3, -0.25) is 0 Å². The SMILES string of the molecule is CSC1CCN(c2ccc(F)cc2C(N)=S)CC1. The highest BCUT2D eigenvalue weighted by atomic mass is 32.2. The second-order valence-corrected chi connectivity index (χ2v) is 6.03. The highest BCUT2D eigenvalue weighted by molar-refractivity contribution is 7.99. The first-order valence-corrected chi connectivity index (χ1v) is 7.68. The second kappa shape index (κ2) is 5.89. The van der Waals surface area contributed by atoms with Crippen molar-refractivity contribution in [2.45, 2.75) is 18.1 Å². The molecule has 5 heteroatoms. The van der Waals surface area contributed by atoms with Gasteiger partial charge in [0.2, 0.25) is 0 Å². The molecule has 1 aliphatic rings. The van der Waals surface area contributed by atoms with Gasteiger partial charge >= 0.3 is 0 Å². The molecule has 1 aromatic rings. The topological polar surface area (TPSA) is 29.3 Å². The third-order valence-corrected chi connectivity index (χ3v) is 4.70. The summed E-state index contributed by atoms with van der Waals surface area (Å²) in [4.78, 5) is 2.51. The molecule has 0 spiro atoms. The third kappa shape index (κ3) is 2.95. The van der Waals surface area contributed by atoms with Gasteiger partial charge in [-0.25, -0.2) is 4.39 Å². The molecule has 2 nitrogen and oxygen atoms in total. The van der Waals surface area contributed by atoms with Crippen LogP contribution < -0.4 is 10.6 Å². The molecule has 0 amide bonds. The van der Waals surface area contributed by atoms with Crippen molar-refractivity contribution in [2.24, 2.45) is 5.73 Å². The minimum Gasteiger partial charge on any atom is -0.389 e. The van der Waals surface area contributed by atoms with Crippen LogP contribution in [0.3, 0.4) is 0 Å². The third-order valence-electron chi connectivity index (χ3n) is 3.34. The first-order chi connectivity index (χ1) is 8.61. The average molecular weight is 284 g/mol. The van der Waals surface area contributed by atoms with Gasteiger partial charge in [-0.2, -0.15) is 11.8 Å². The first-order valence-electron chi connectivity index (χ1n) is 5.99. The Hall–Kier alpha value is -0.810. The minimum atomic E-state index is -0.291. The Morgan fingerprint density at radius 2 is 2.11 bits per heavy atom. The van der Waals surface area contributed by atoms with E-state index in [1.807, 2.05) is 11.8 Å². The number of hydrogen-bond donors (Lipinski definition) is 1. The molecule has 0 unspecified atom stereocenters. The molecule has 1 heterocycles. The van der Waals surface area contributed by atoms with Crippen molar-refractivity contribution in [1.82, 2.24) is 0 Å². The molecule has 1 fully saturated rings. The molecule has 0 aliphatic carbocycles. The van der Waals surface area contributed by atoms with E-state index in [9.17, 15) is 4.39 Å². The van der Waals surface area contributed by atoms with Crippen molar-refractivity contribution in [3.05, 3.63) is 29.6 Å². The second-order valence-electron chi connectivity index (χ2n) is 4.45. The van der Waals surface area contributed by atoms with Gasteiger partial charge in [0.15, 0.2) is 0 Å². The number of piperidine rings is 1. The Balaban J connectivity index is 2.21. The Morgan fingerprint density at radius 3 is 2.67 bits per heavy atom. The molecule has 18 heavy (non-hydrogen) atoms. The van der Waals surface area contributed by atoms with E-state index in [1.54, 1.807) is 6.07 Å². The summed E-state index contributed by atoms with van der Waals surface area (Å²) in [6.07, 6.45) is 4.45. The molecule has 2 N–H and O–H groups in total. The number of thiocarbonyl (C=S) groups is 1. The summed E-state index contributed by atoms with van der Waals surface area (Å²) in [6.45, 7) is 1.96. The highest BCUT2D eigenvalue weighted by Gasteiger charge is 2.21. The molecule has 1 saturated heterocycles. The molecule has 0 aromatic heterocycles. The maximum Gasteiger partial charge on any atom is 0.124 e. The largest absolute Gasteiger partial charge is 0.389 e. The summed E-state index contributed by atoms with van der Waals surface area (Å²) in [6, 6.07) is 4.68. The normalized spacial score (nSPS) is 16.9. The van der Waals surface area contributed by atoms with Gasteiger partial charge in [-0.1, -0.05) is 12.2 Å². The van der Waals surface area contributed by atoms with Crippen molar-refractivity contribution in [3.8, 4) is 0 Å². The fourth-order valence-electron chi connectivity index (χ4n) is 2.31. The van der Waals surface area contributed by atoms with Crippen LogP contribution in [0, 0.1) is 5.82 Å². The Morgan fingerprint density at radius 1 is 1.44 bits per heavy atom. The van der Waals surface area contributed by atoms with Crippen LogP contribution in [0.4, 0.5) is 10.1 Å². The van der Waals surface area contributed by atoms with Gasteiger partial charge in [0.25, 0.3) is 0 Å². The molecule has 2 rings (SSSR count). The number of nitrogens with two attached hydrogens (primary N) is 1. The lowest BCUT2D eigenvalue weighted by molar-refractivity contribution is 0.589. The van der Waals surface area contributed by atoms with E-state index in [1.165, 1.54) is 12.1 Å². The summed E-state index contributed by atoms with van der Waals surface area (Å²) in [5, 5.41) is 0.731.